The molecular weight excluding hydrogens is 450 g/mol. The Balaban J connectivity index is 1.45. The number of nitrogens with one attached hydrogen (secondary N) is 1. The van der Waals surface area contributed by atoms with Gasteiger partial charge in [-0.05, 0) is 74.4 Å². The Bertz CT molecular complexity index is 1020. The minimum absolute atomic E-state index is 0.00381. The second kappa shape index (κ2) is 9.82. The summed E-state index contributed by atoms with van der Waals surface area (Å²) in [5.74, 6) is -2.48. The molecule has 1 aromatic rings. The Morgan fingerprint density at radius 2 is 1.97 bits per heavy atom. The first kappa shape index (κ1) is 25.5. The lowest BCUT2D eigenvalue weighted by Crippen LogP contribution is -2.39. The predicted octanol–water partition coefficient (Wildman–Crippen LogP) is 3.61. The molecule has 3 fully saturated rings. The molecule has 1 aromatic carbocycles. The largest absolute Gasteiger partial charge is 0.393 e. The van der Waals surface area contributed by atoms with Gasteiger partial charge in [0.05, 0.1) is 18.2 Å². The number of fused-ring (bicyclic) bond motifs is 1. The Kier molecular flexibility index (Phi) is 7.16. The summed E-state index contributed by atoms with van der Waals surface area (Å²) in [7, 11) is 0. The number of carbonyl (C=O) groups excluding carboxylic acids is 1. The molecule has 2 aliphatic carbocycles. The van der Waals surface area contributed by atoms with Gasteiger partial charge in [-0.25, -0.2) is 13.8 Å². The van der Waals surface area contributed by atoms with Crippen LogP contribution in [0.15, 0.2) is 46.7 Å². The summed E-state index contributed by atoms with van der Waals surface area (Å²) in [5, 5.41) is 12.7. The first-order chi connectivity index (χ1) is 16.5. The molecule has 0 bridgehead atoms. The standard InChI is InChI=1S/C27H36F2N4O2/c1-17(12-23(24(30)31-3)25(35)32-21-8-10-22(34)11-9-21)18-4-6-19(7-5-18)27-13-20(27)14-33(16-27)15-26(2,28)29/h4-7,12,20-22,34H,3,8-11,13-16,30H2,1-2H3,(H,32,35)/b17-12+,24-23+/t20-,21-,22-,27+/m0/s1. The van der Waals surface area contributed by atoms with Gasteiger partial charge < -0.3 is 16.2 Å². The molecule has 1 amide bonds. The number of hydrogen-bond acceptors (Lipinski definition) is 5. The van der Waals surface area contributed by atoms with Crippen molar-refractivity contribution >= 4 is 18.2 Å². The third kappa shape index (κ3) is 5.81. The Morgan fingerprint density at radius 3 is 2.57 bits per heavy atom. The van der Waals surface area contributed by atoms with Crippen molar-refractivity contribution in [2.45, 2.75) is 69.4 Å². The number of aliphatic hydroxyl groups is 1. The van der Waals surface area contributed by atoms with Gasteiger partial charge in [0.25, 0.3) is 11.8 Å². The van der Waals surface area contributed by atoms with Gasteiger partial charge in [0.2, 0.25) is 0 Å². The van der Waals surface area contributed by atoms with Crippen LogP contribution >= 0.6 is 0 Å². The molecule has 0 aromatic heterocycles. The zero-order chi connectivity index (χ0) is 25.4. The number of piperidine rings is 1. The molecule has 8 heteroatoms. The van der Waals surface area contributed by atoms with Gasteiger partial charge in [-0.15, -0.1) is 0 Å². The molecule has 2 saturated carbocycles. The lowest BCUT2D eigenvalue weighted by Gasteiger charge is -2.26. The molecular formula is C27H36F2N4O2. The lowest BCUT2D eigenvalue weighted by molar-refractivity contribution is -0.118. The molecule has 190 valence electrons. The zero-order valence-corrected chi connectivity index (χ0v) is 20.6. The van der Waals surface area contributed by atoms with E-state index < -0.39 is 5.92 Å². The highest BCUT2D eigenvalue weighted by molar-refractivity contribution is 5.99. The smallest absolute Gasteiger partial charge is 0.257 e. The number of carbonyl (C=O) groups is 1. The van der Waals surface area contributed by atoms with Gasteiger partial charge in [-0.1, -0.05) is 24.3 Å². The summed E-state index contributed by atoms with van der Waals surface area (Å²) in [6, 6.07) is 8.17. The van der Waals surface area contributed by atoms with Crippen LogP contribution in [0.4, 0.5) is 8.78 Å². The van der Waals surface area contributed by atoms with Crippen molar-refractivity contribution in [2.75, 3.05) is 19.6 Å². The fourth-order valence-corrected chi connectivity index (χ4v) is 5.74. The van der Waals surface area contributed by atoms with E-state index in [2.05, 4.69) is 29.2 Å². The van der Waals surface area contributed by atoms with Crippen LogP contribution in [0.3, 0.4) is 0 Å². The van der Waals surface area contributed by atoms with E-state index >= 15 is 0 Å². The maximum absolute atomic E-state index is 13.5. The highest BCUT2D eigenvalue weighted by Crippen LogP contribution is 2.59. The Hall–Kier alpha value is -2.58. The second-order valence-electron chi connectivity index (χ2n) is 10.6. The van der Waals surface area contributed by atoms with Gasteiger partial charge in [0.1, 0.15) is 5.82 Å². The van der Waals surface area contributed by atoms with Crippen LogP contribution in [0.5, 0.6) is 0 Å². The normalized spacial score (nSPS) is 29.9. The first-order valence-electron chi connectivity index (χ1n) is 12.4. The molecule has 1 aliphatic heterocycles. The minimum atomic E-state index is -2.68. The van der Waals surface area contributed by atoms with E-state index in [-0.39, 0.29) is 41.4 Å². The predicted molar refractivity (Wildman–Crippen MR) is 134 cm³/mol. The number of hydrogen-bond donors (Lipinski definition) is 3. The van der Waals surface area contributed by atoms with E-state index in [1.807, 2.05) is 24.0 Å². The number of amides is 1. The molecule has 35 heavy (non-hydrogen) atoms. The van der Waals surface area contributed by atoms with Crippen molar-refractivity contribution in [3.63, 3.8) is 0 Å². The van der Waals surface area contributed by atoms with Gasteiger partial charge in [-0.2, -0.15) is 0 Å². The zero-order valence-electron chi connectivity index (χ0n) is 20.6. The Labute approximate surface area is 206 Å². The van der Waals surface area contributed by atoms with Gasteiger partial charge in [-0.3, -0.25) is 9.69 Å². The monoisotopic (exact) mass is 486 g/mol. The van der Waals surface area contributed by atoms with Crippen molar-refractivity contribution in [1.82, 2.24) is 10.2 Å². The molecule has 0 radical (unpaired) electrons. The van der Waals surface area contributed by atoms with Crippen LogP contribution in [-0.2, 0) is 10.2 Å². The quantitative estimate of drug-likeness (QED) is 0.297. The molecule has 2 atom stereocenters. The fourth-order valence-electron chi connectivity index (χ4n) is 5.74. The minimum Gasteiger partial charge on any atom is -0.393 e. The van der Waals surface area contributed by atoms with E-state index in [4.69, 9.17) is 5.73 Å². The number of rotatable bonds is 8. The van der Waals surface area contributed by atoms with Crippen molar-refractivity contribution in [2.24, 2.45) is 16.6 Å². The summed E-state index contributed by atoms with van der Waals surface area (Å²) in [6.45, 7) is 7.56. The second-order valence-corrected chi connectivity index (χ2v) is 10.6. The van der Waals surface area contributed by atoms with Crippen molar-refractivity contribution in [3.8, 4) is 0 Å². The number of nitrogens with two attached hydrogens (primary N) is 1. The van der Waals surface area contributed by atoms with E-state index in [9.17, 15) is 18.7 Å². The maximum atomic E-state index is 13.5. The number of nitrogens with zero attached hydrogens (tertiary/aromatic N) is 2. The summed E-state index contributed by atoms with van der Waals surface area (Å²) in [6.07, 6.45) is 5.25. The number of aliphatic hydroxyl groups excluding tert-OH is 1. The highest BCUT2D eigenvalue weighted by Gasteiger charge is 2.61. The van der Waals surface area contributed by atoms with Crippen LogP contribution in [0.2, 0.25) is 0 Å². The van der Waals surface area contributed by atoms with E-state index in [1.54, 1.807) is 6.08 Å². The number of aliphatic imine (C=N–C) groups is 1. The number of benzene rings is 1. The van der Waals surface area contributed by atoms with E-state index in [0.717, 1.165) is 43.9 Å². The number of likely N-dealkylation sites (tertiary alicyclic amines) is 1. The van der Waals surface area contributed by atoms with Crippen molar-refractivity contribution in [1.29, 1.82) is 0 Å². The third-order valence-electron chi connectivity index (χ3n) is 7.72. The number of allylic oxidation sites excluding steroid dienone is 1. The average Bonchev–Trinajstić information content (AvgIpc) is 3.38. The molecule has 3 aliphatic rings. The van der Waals surface area contributed by atoms with Gasteiger partial charge in [0, 0.05) is 31.5 Å². The van der Waals surface area contributed by atoms with Crippen molar-refractivity contribution < 1.29 is 18.7 Å². The topological polar surface area (TPSA) is 91.0 Å². The molecule has 6 nitrogen and oxygen atoms in total. The number of alkyl halides is 2. The van der Waals surface area contributed by atoms with Gasteiger partial charge in [0.15, 0.2) is 0 Å². The molecule has 0 unspecified atom stereocenters. The molecule has 1 saturated heterocycles. The fraction of sp³-hybridized carbons (Fsp3) is 0.556. The van der Waals surface area contributed by atoms with E-state index in [1.165, 1.54) is 5.56 Å². The molecule has 4 rings (SSSR count). The average molecular weight is 487 g/mol. The van der Waals surface area contributed by atoms with E-state index in [0.29, 0.717) is 25.3 Å². The molecule has 0 spiro atoms. The third-order valence-corrected chi connectivity index (χ3v) is 7.72. The summed E-state index contributed by atoms with van der Waals surface area (Å²) in [5.41, 5.74) is 9.24. The summed E-state index contributed by atoms with van der Waals surface area (Å²) < 4.78 is 26.9. The van der Waals surface area contributed by atoms with Crippen LogP contribution < -0.4 is 11.1 Å². The molecule has 4 N–H and O–H groups in total. The van der Waals surface area contributed by atoms with Crippen LogP contribution in [-0.4, -0.2) is 60.3 Å². The maximum Gasteiger partial charge on any atom is 0.257 e. The molecule has 1 heterocycles. The lowest BCUT2D eigenvalue weighted by atomic mass is 9.92. The number of halogens is 2. The first-order valence-corrected chi connectivity index (χ1v) is 12.4. The summed E-state index contributed by atoms with van der Waals surface area (Å²) >= 11 is 0. The summed E-state index contributed by atoms with van der Waals surface area (Å²) in [4.78, 5) is 18.6. The highest BCUT2D eigenvalue weighted by atomic mass is 19.3. The SMILES string of the molecule is C=N/C(N)=C(\C=C(/C)c1ccc([C@]23C[C@H]2CN(CC(C)(F)F)C3)cc1)C(=O)N[C@H]1CC[C@H](O)CC1. The Morgan fingerprint density at radius 1 is 1.31 bits per heavy atom. The van der Waals surface area contributed by atoms with Crippen molar-refractivity contribution in [3.05, 3.63) is 52.9 Å². The van der Waals surface area contributed by atoms with Crippen LogP contribution in [0.1, 0.15) is 57.1 Å². The van der Waals surface area contributed by atoms with Crippen LogP contribution in [0, 0.1) is 5.92 Å². The van der Waals surface area contributed by atoms with Crippen LogP contribution in [0.25, 0.3) is 5.57 Å². The van der Waals surface area contributed by atoms with Gasteiger partial charge >= 0.3 is 0 Å².